The lowest BCUT2D eigenvalue weighted by Crippen LogP contribution is -2.24. The molecule has 1 N–H and O–H groups in total. The van der Waals surface area contributed by atoms with Crippen molar-refractivity contribution < 1.29 is 13.9 Å². The van der Waals surface area contributed by atoms with E-state index in [4.69, 9.17) is 16.0 Å². The molecule has 0 bridgehead atoms. The third-order valence-electron chi connectivity index (χ3n) is 2.73. The molecule has 2 nitrogen and oxygen atoms in total. The highest BCUT2D eigenvalue weighted by molar-refractivity contribution is 6.31. The molecular weight excluding hydrogens is 243 g/mol. The zero-order valence-corrected chi connectivity index (χ0v) is 10.0. The first-order chi connectivity index (χ1) is 8.00. The fraction of sp³-hybridized carbons (Fsp3) is 0.231. The molecule has 0 aliphatic rings. The van der Waals surface area contributed by atoms with E-state index < -0.39 is 11.4 Å². The van der Waals surface area contributed by atoms with Crippen LogP contribution in [0.1, 0.15) is 18.1 Å². The minimum absolute atomic E-state index is 0.0953. The molecule has 0 radical (unpaired) electrons. The quantitative estimate of drug-likeness (QED) is 0.909. The van der Waals surface area contributed by atoms with Gasteiger partial charge in [-0.25, -0.2) is 4.39 Å². The summed E-state index contributed by atoms with van der Waals surface area (Å²) in [6.07, 6.45) is 3.00. The summed E-state index contributed by atoms with van der Waals surface area (Å²) in [4.78, 5) is 0. The zero-order valence-electron chi connectivity index (χ0n) is 9.28. The number of aliphatic hydroxyl groups is 1. The average Bonchev–Trinajstić information content (AvgIpc) is 2.77. The van der Waals surface area contributed by atoms with Gasteiger partial charge >= 0.3 is 0 Å². The van der Waals surface area contributed by atoms with Crippen LogP contribution < -0.4 is 0 Å². The Morgan fingerprint density at radius 1 is 1.41 bits per heavy atom. The zero-order chi connectivity index (χ0) is 12.5. The number of benzene rings is 1. The summed E-state index contributed by atoms with van der Waals surface area (Å²) in [5, 5.41) is 10.6. The normalized spacial score (nSPS) is 14.6. The second-order valence-electron chi connectivity index (χ2n) is 4.16. The summed E-state index contributed by atoms with van der Waals surface area (Å²) in [7, 11) is 0. The molecule has 0 fully saturated rings. The third-order valence-corrected chi connectivity index (χ3v) is 3.08. The molecule has 1 unspecified atom stereocenters. The van der Waals surface area contributed by atoms with Gasteiger partial charge in [-0.05, 0) is 25.1 Å². The van der Waals surface area contributed by atoms with E-state index in [1.165, 1.54) is 24.7 Å². The molecule has 1 heterocycles. The van der Waals surface area contributed by atoms with Crippen molar-refractivity contribution >= 4 is 11.6 Å². The van der Waals surface area contributed by atoms with Crippen LogP contribution in [-0.2, 0) is 12.0 Å². The molecular formula is C13H12ClFO2. The van der Waals surface area contributed by atoms with E-state index in [0.717, 1.165) is 0 Å². The highest BCUT2D eigenvalue weighted by Gasteiger charge is 2.27. The molecule has 2 aromatic rings. The Morgan fingerprint density at radius 2 is 2.18 bits per heavy atom. The van der Waals surface area contributed by atoms with E-state index in [1.807, 2.05) is 0 Å². The van der Waals surface area contributed by atoms with E-state index in [0.29, 0.717) is 16.1 Å². The van der Waals surface area contributed by atoms with Gasteiger partial charge in [-0.15, -0.1) is 0 Å². The maximum absolute atomic E-state index is 13.6. The highest BCUT2D eigenvalue weighted by atomic mass is 35.5. The second-order valence-corrected chi connectivity index (χ2v) is 4.57. The summed E-state index contributed by atoms with van der Waals surface area (Å²) in [5.41, 5.74) is -0.309. The Hall–Kier alpha value is -1.32. The molecule has 0 amide bonds. The molecule has 0 spiro atoms. The summed E-state index contributed by atoms with van der Waals surface area (Å²) in [5.74, 6) is -0.415. The molecule has 0 saturated carbocycles. The molecule has 90 valence electrons. The van der Waals surface area contributed by atoms with Gasteiger partial charge in [0.15, 0.2) is 0 Å². The SMILES string of the molecule is CC(O)(Cc1c(F)cccc1Cl)c1ccoc1. The third kappa shape index (κ3) is 2.51. The van der Waals surface area contributed by atoms with E-state index in [1.54, 1.807) is 19.1 Å². The van der Waals surface area contributed by atoms with Crippen LogP contribution in [0.5, 0.6) is 0 Å². The van der Waals surface area contributed by atoms with Gasteiger partial charge in [0.25, 0.3) is 0 Å². The lowest BCUT2D eigenvalue weighted by molar-refractivity contribution is 0.0561. The van der Waals surface area contributed by atoms with Crippen molar-refractivity contribution in [3.63, 3.8) is 0 Å². The van der Waals surface area contributed by atoms with Gasteiger partial charge in [-0.3, -0.25) is 0 Å². The Labute approximate surface area is 104 Å². The molecule has 1 aromatic carbocycles. The first-order valence-corrected chi connectivity index (χ1v) is 5.56. The van der Waals surface area contributed by atoms with Crippen LogP contribution in [0.2, 0.25) is 5.02 Å². The van der Waals surface area contributed by atoms with Crippen LogP contribution in [-0.4, -0.2) is 5.11 Å². The lowest BCUT2D eigenvalue weighted by Gasteiger charge is -2.22. The van der Waals surface area contributed by atoms with Crippen molar-refractivity contribution in [3.8, 4) is 0 Å². The molecule has 0 aliphatic carbocycles. The van der Waals surface area contributed by atoms with Gasteiger partial charge in [0.05, 0.1) is 18.1 Å². The van der Waals surface area contributed by atoms with Gasteiger partial charge in [0, 0.05) is 22.6 Å². The Morgan fingerprint density at radius 3 is 2.76 bits per heavy atom. The molecule has 0 saturated heterocycles. The van der Waals surface area contributed by atoms with Crippen LogP contribution in [0.25, 0.3) is 0 Å². The van der Waals surface area contributed by atoms with Crippen molar-refractivity contribution in [1.82, 2.24) is 0 Å². The fourth-order valence-electron chi connectivity index (χ4n) is 1.72. The highest BCUT2D eigenvalue weighted by Crippen LogP contribution is 2.30. The summed E-state index contributed by atoms with van der Waals surface area (Å²) in [6, 6.07) is 6.11. The van der Waals surface area contributed by atoms with Crippen molar-refractivity contribution in [3.05, 3.63) is 58.8 Å². The lowest BCUT2D eigenvalue weighted by atomic mass is 9.91. The number of hydrogen-bond acceptors (Lipinski definition) is 2. The molecule has 2 rings (SSSR count). The molecule has 17 heavy (non-hydrogen) atoms. The Balaban J connectivity index is 2.32. The minimum atomic E-state index is -1.21. The smallest absolute Gasteiger partial charge is 0.128 e. The number of furan rings is 1. The van der Waals surface area contributed by atoms with Crippen molar-refractivity contribution in [1.29, 1.82) is 0 Å². The largest absolute Gasteiger partial charge is 0.472 e. The van der Waals surface area contributed by atoms with E-state index in [2.05, 4.69) is 0 Å². The summed E-state index contributed by atoms with van der Waals surface area (Å²) < 4.78 is 18.5. The van der Waals surface area contributed by atoms with Crippen molar-refractivity contribution in [2.24, 2.45) is 0 Å². The van der Waals surface area contributed by atoms with Crippen molar-refractivity contribution in [2.45, 2.75) is 18.9 Å². The van der Waals surface area contributed by atoms with E-state index >= 15 is 0 Å². The van der Waals surface area contributed by atoms with Gasteiger partial charge in [0.1, 0.15) is 5.82 Å². The standard InChI is InChI=1S/C13H12ClFO2/c1-13(16,9-5-6-17-8-9)7-10-11(14)3-2-4-12(10)15/h2-6,8,16H,7H2,1H3. The maximum Gasteiger partial charge on any atom is 0.128 e. The van der Waals surface area contributed by atoms with Gasteiger partial charge in [0.2, 0.25) is 0 Å². The van der Waals surface area contributed by atoms with Gasteiger partial charge in [-0.2, -0.15) is 0 Å². The predicted molar refractivity (Wildman–Crippen MR) is 63.4 cm³/mol. The average molecular weight is 255 g/mol. The molecule has 1 aromatic heterocycles. The van der Waals surface area contributed by atoms with Crippen LogP contribution >= 0.6 is 11.6 Å². The van der Waals surface area contributed by atoms with Gasteiger partial charge < -0.3 is 9.52 Å². The first kappa shape index (κ1) is 12.1. The van der Waals surface area contributed by atoms with Crippen LogP contribution in [0.4, 0.5) is 4.39 Å². The summed E-state index contributed by atoms with van der Waals surface area (Å²) >= 11 is 5.92. The Kier molecular flexibility index (Phi) is 3.22. The maximum atomic E-state index is 13.6. The Bertz CT molecular complexity index is 486. The molecule has 1 atom stereocenters. The van der Waals surface area contributed by atoms with Crippen molar-refractivity contribution in [2.75, 3.05) is 0 Å². The monoisotopic (exact) mass is 254 g/mol. The van der Waals surface area contributed by atoms with Crippen LogP contribution in [0.15, 0.2) is 41.2 Å². The first-order valence-electron chi connectivity index (χ1n) is 5.18. The summed E-state index contributed by atoms with van der Waals surface area (Å²) in [6.45, 7) is 1.60. The minimum Gasteiger partial charge on any atom is -0.472 e. The van der Waals surface area contributed by atoms with Gasteiger partial charge in [-0.1, -0.05) is 17.7 Å². The van der Waals surface area contributed by atoms with E-state index in [9.17, 15) is 9.50 Å². The topological polar surface area (TPSA) is 33.4 Å². The molecule has 0 aliphatic heterocycles. The predicted octanol–water partition coefficient (Wildman–Crippen LogP) is 3.52. The van der Waals surface area contributed by atoms with E-state index in [-0.39, 0.29) is 6.42 Å². The number of rotatable bonds is 3. The van der Waals surface area contributed by atoms with Crippen LogP contribution in [0.3, 0.4) is 0 Å². The fourth-order valence-corrected chi connectivity index (χ4v) is 1.95. The second kappa shape index (κ2) is 4.51. The number of halogens is 2. The van der Waals surface area contributed by atoms with Crippen LogP contribution in [0, 0.1) is 5.82 Å². The molecule has 4 heteroatoms. The number of hydrogen-bond donors (Lipinski definition) is 1.